The van der Waals surface area contributed by atoms with Crippen LogP contribution >= 0.6 is 0 Å². The highest BCUT2D eigenvalue weighted by atomic mass is 16.3. The van der Waals surface area contributed by atoms with Gasteiger partial charge in [0.25, 0.3) is 0 Å². The van der Waals surface area contributed by atoms with Crippen molar-refractivity contribution < 1.29 is 5.11 Å². The average molecular weight is 159 g/mol. The highest BCUT2D eigenvalue weighted by molar-refractivity contribution is 4.65. The lowest BCUT2D eigenvalue weighted by molar-refractivity contribution is 0.142. The predicted octanol–water partition coefficient (Wildman–Crippen LogP) is 1.54. The molecule has 0 aromatic carbocycles. The van der Waals surface area contributed by atoms with Crippen molar-refractivity contribution in [1.82, 2.24) is 5.32 Å². The van der Waals surface area contributed by atoms with Crippen LogP contribution in [-0.2, 0) is 0 Å². The Kier molecular flexibility index (Phi) is 7.96. The number of hydrogen-bond acceptors (Lipinski definition) is 2. The van der Waals surface area contributed by atoms with Crippen molar-refractivity contribution in [3.63, 3.8) is 0 Å². The molecule has 2 heteroatoms. The minimum absolute atomic E-state index is 0.0752. The van der Waals surface area contributed by atoms with Crippen LogP contribution in [0.15, 0.2) is 0 Å². The molecule has 1 aliphatic heterocycles. The highest BCUT2D eigenvalue weighted by Gasteiger charge is 2.06. The molecular formula is C9H21NO. The summed E-state index contributed by atoms with van der Waals surface area (Å²) in [6, 6.07) is 0. The Labute approximate surface area is 70.0 Å². The van der Waals surface area contributed by atoms with E-state index >= 15 is 0 Å². The van der Waals surface area contributed by atoms with E-state index in [0.29, 0.717) is 0 Å². The van der Waals surface area contributed by atoms with Gasteiger partial charge in [-0.2, -0.15) is 0 Å². The van der Waals surface area contributed by atoms with Crippen LogP contribution in [-0.4, -0.2) is 24.3 Å². The van der Waals surface area contributed by atoms with E-state index in [1.807, 2.05) is 0 Å². The maximum atomic E-state index is 8.85. The van der Waals surface area contributed by atoms with Gasteiger partial charge in [-0.25, -0.2) is 0 Å². The van der Waals surface area contributed by atoms with E-state index in [4.69, 9.17) is 5.11 Å². The van der Waals surface area contributed by atoms with E-state index in [0.717, 1.165) is 25.9 Å². The number of aliphatic hydroxyl groups is 1. The molecule has 0 aromatic heterocycles. The first-order valence-electron chi connectivity index (χ1n) is 4.70. The Morgan fingerprint density at radius 2 is 2.00 bits per heavy atom. The molecule has 2 N–H and O–H groups in total. The number of piperidine rings is 1. The summed E-state index contributed by atoms with van der Waals surface area (Å²) in [5, 5.41) is 11.9. The van der Waals surface area contributed by atoms with Gasteiger partial charge in [-0.05, 0) is 19.4 Å². The van der Waals surface area contributed by atoms with E-state index in [1.165, 1.54) is 12.8 Å². The summed E-state index contributed by atoms with van der Waals surface area (Å²) in [5.74, 6) is 0. The van der Waals surface area contributed by atoms with E-state index in [2.05, 4.69) is 19.2 Å². The van der Waals surface area contributed by atoms with Crippen LogP contribution in [0, 0.1) is 0 Å². The number of unbranched alkanes of at least 4 members (excludes halogenated alkanes) is 1. The number of rotatable bonds is 1. The van der Waals surface area contributed by atoms with Crippen molar-refractivity contribution in [3.05, 3.63) is 0 Å². The molecule has 0 radical (unpaired) electrons. The fourth-order valence-electron chi connectivity index (χ4n) is 0.833. The van der Waals surface area contributed by atoms with E-state index in [1.54, 1.807) is 0 Å². The first kappa shape index (κ1) is 10.9. The molecule has 1 rings (SSSR count). The van der Waals surface area contributed by atoms with Crippen molar-refractivity contribution in [3.8, 4) is 0 Å². The Balaban J connectivity index is 0.000000218. The number of hydrogen-bond donors (Lipinski definition) is 2. The summed E-state index contributed by atoms with van der Waals surface area (Å²) >= 11 is 0. The molecule has 0 aromatic rings. The van der Waals surface area contributed by atoms with Crippen LogP contribution in [0.5, 0.6) is 0 Å². The Morgan fingerprint density at radius 1 is 1.36 bits per heavy atom. The molecule has 0 spiro atoms. The molecule has 0 amide bonds. The fourth-order valence-corrected chi connectivity index (χ4v) is 0.833. The second-order valence-corrected chi connectivity index (χ2v) is 3.00. The zero-order valence-electron chi connectivity index (χ0n) is 7.77. The number of β-amino-alcohol motifs (C(OH)–C–C–N with tert-alkyl or cyclic N) is 1. The normalized spacial score (nSPS) is 23.7. The average Bonchev–Trinajstić information content (AvgIpc) is 2.07. The van der Waals surface area contributed by atoms with Gasteiger partial charge in [0, 0.05) is 6.54 Å². The van der Waals surface area contributed by atoms with Crippen LogP contribution in [0.1, 0.15) is 39.5 Å². The van der Waals surface area contributed by atoms with Gasteiger partial charge in [0.05, 0.1) is 6.10 Å². The minimum Gasteiger partial charge on any atom is -0.392 e. The molecule has 0 bridgehead atoms. The van der Waals surface area contributed by atoms with Crippen molar-refractivity contribution in [1.29, 1.82) is 0 Å². The lowest BCUT2D eigenvalue weighted by atomic mass is 10.1. The van der Waals surface area contributed by atoms with Gasteiger partial charge >= 0.3 is 0 Å². The largest absolute Gasteiger partial charge is 0.392 e. The number of nitrogens with one attached hydrogen (secondary N) is 1. The Morgan fingerprint density at radius 3 is 2.18 bits per heavy atom. The molecule has 1 heterocycles. The zero-order valence-corrected chi connectivity index (χ0v) is 7.77. The van der Waals surface area contributed by atoms with Gasteiger partial charge in [0.2, 0.25) is 0 Å². The first-order valence-corrected chi connectivity index (χ1v) is 4.70. The quantitative estimate of drug-likeness (QED) is 0.608. The van der Waals surface area contributed by atoms with E-state index in [-0.39, 0.29) is 6.10 Å². The van der Waals surface area contributed by atoms with E-state index < -0.39 is 0 Å². The van der Waals surface area contributed by atoms with Crippen LogP contribution in [0.2, 0.25) is 0 Å². The van der Waals surface area contributed by atoms with Crippen LogP contribution in [0.25, 0.3) is 0 Å². The van der Waals surface area contributed by atoms with Gasteiger partial charge in [-0.3, -0.25) is 0 Å². The lowest BCUT2D eigenvalue weighted by Crippen LogP contribution is -2.33. The summed E-state index contributed by atoms with van der Waals surface area (Å²) in [6.07, 6.45) is 4.67. The molecular weight excluding hydrogens is 138 g/mol. The fraction of sp³-hybridized carbons (Fsp3) is 1.00. The maximum absolute atomic E-state index is 8.85. The third-order valence-electron chi connectivity index (χ3n) is 1.77. The third kappa shape index (κ3) is 7.82. The summed E-state index contributed by atoms with van der Waals surface area (Å²) in [4.78, 5) is 0. The summed E-state index contributed by atoms with van der Waals surface area (Å²) < 4.78 is 0. The second-order valence-electron chi connectivity index (χ2n) is 3.00. The van der Waals surface area contributed by atoms with Crippen LogP contribution < -0.4 is 5.32 Å². The van der Waals surface area contributed by atoms with Gasteiger partial charge in [0.15, 0.2) is 0 Å². The molecule has 1 unspecified atom stereocenters. The lowest BCUT2D eigenvalue weighted by Gasteiger charge is -2.16. The third-order valence-corrected chi connectivity index (χ3v) is 1.77. The molecule has 1 aliphatic rings. The monoisotopic (exact) mass is 159 g/mol. The maximum Gasteiger partial charge on any atom is 0.0665 e. The van der Waals surface area contributed by atoms with Gasteiger partial charge < -0.3 is 10.4 Å². The van der Waals surface area contributed by atoms with Crippen molar-refractivity contribution in [2.24, 2.45) is 0 Å². The summed E-state index contributed by atoms with van der Waals surface area (Å²) in [7, 11) is 0. The highest BCUT2D eigenvalue weighted by Crippen LogP contribution is 1.98. The topological polar surface area (TPSA) is 32.3 Å². The van der Waals surface area contributed by atoms with E-state index in [9.17, 15) is 0 Å². The van der Waals surface area contributed by atoms with Gasteiger partial charge in [-0.1, -0.05) is 26.7 Å². The molecule has 1 fully saturated rings. The first-order chi connectivity index (χ1) is 5.31. The molecule has 0 aliphatic carbocycles. The molecule has 1 saturated heterocycles. The van der Waals surface area contributed by atoms with Crippen molar-refractivity contribution >= 4 is 0 Å². The van der Waals surface area contributed by atoms with Crippen LogP contribution in [0.4, 0.5) is 0 Å². The molecule has 68 valence electrons. The minimum atomic E-state index is -0.0752. The Hall–Kier alpha value is -0.0800. The zero-order chi connectivity index (χ0) is 8.53. The standard InChI is InChI=1S/C5H11NO.C4H10/c7-5-2-1-3-6-4-5;1-3-4-2/h5-7H,1-4H2;3-4H2,1-2H3. The summed E-state index contributed by atoms with van der Waals surface area (Å²) in [6.45, 7) is 6.23. The Bertz CT molecular complexity index is 68.0. The van der Waals surface area contributed by atoms with Crippen molar-refractivity contribution in [2.45, 2.75) is 45.6 Å². The van der Waals surface area contributed by atoms with Crippen LogP contribution in [0.3, 0.4) is 0 Å². The molecule has 11 heavy (non-hydrogen) atoms. The van der Waals surface area contributed by atoms with Gasteiger partial charge in [0.1, 0.15) is 0 Å². The summed E-state index contributed by atoms with van der Waals surface area (Å²) in [5.41, 5.74) is 0. The predicted molar refractivity (Wildman–Crippen MR) is 48.7 cm³/mol. The number of aliphatic hydroxyl groups excluding tert-OH is 1. The van der Waals surface area contributed by atoms with Crippen molar-refractivity contribution in [2.75, 3.05) is 13.1 Å². The SMILES string of the molecule is CCCC.OC1CCCNC1. The second kappa shape index (κ2) is 8.02. The van der Waals surface area contributed by atoms with Gasteiger partial charge in [-0.15, -0.1) is 0 Å². The smallest absolute Gasteiger partial charge is 0.0665 e. The molecule has 0 saturated carbocycles. The molecule has 2 nitrogen and oxygen atoms in total. The molecule has 1 atom stereocenters.